The van der Waals surface area contributed by atoms with Crippen molar-refractivity contribution >= 4 is 0 Å². The van der Waals surface area contributed by atoms with Gasteiger partial charge in [0.1, 0.15) is 0 Å². The van der Waals surface area contributed by atoms with Crippen molar-refractivity contribution in [1.82, 2.24) is 0 Å². The lowest BCUT2D eigenvalue weighted by molar-refractivity contribution is 0.130. The van der Waals surface area contributed by atoms with Crippen molar-refractivity contribution in [2.75, 3.05) is 13.2 Å². The fourth-order valence-electron chi connectivity index (χ4n) is 0.745. The highest BCUT2D eigenvalue weighted by molar-refractivity contribution is 4.78. The fourth-order valence-corrected chi connectivity index (χ4v) is 0.745. The van der Waals surface area contributed by atoms with Gasteiger partial charge in [-0.3, -0.25) is 0 Å². The predicted molar refractivity (Wildman–Crippen MR) is 49.6 cm³/mol. The normalized spacial score (nSPS) is 13.1. The summed E-state index contributed by atoms with van der Waals surface area (Å²) in [7, 11) is 0. The van der Waals surface area contributed by atoms with Crippen molar-refractivity contribution in [1.29, 1.82) is 5.26 Å². The number of rotatable bonds is 6. The maximum absolute atomic E-state index is 8.46. The molecule has 0 saturated heterocycles. The largest absolute Gasteiger partial charge is 0.381 e. The van der Waals surface area contributed by atoms with E-state index in [2.05, 4.69) is 12.1 Å². The highest BCUT2D eigenvalue weighted by Gasteiger charge is 1.97. The van der Waals surface area contributed by atoms with Gasteiger partial charge in [-0.1, -0.05) is 12.2 Å². The lowest BCUT2D eigenvalue weighted by atomic mass is 10.1. The van der Waals surface area contributed by atoms with Gasteiger partial charge in [-0.2, -0.15) is 5.26 Å². The summed E-state index contributed by atoms with van der Waals surface area (Å²) in [5.74, 6) is 0.117. The molecular formula is C10H17NO. The zero-order chi connectivity index (χ0) is 9.23. The molecule has 0 spiro atoms. The summed E-state index contributed by atoms with van der Waals surface area (Å²) in [5, 5.41) is 8.46. The van der Waals surface area contributed by atoms with E-state index >= 15 is 0 Å². The van der Waals surface area contributed by atoms with E-state index in [1.54, 1.807) is 0 Å². The lowest BCUT2D eigenvalue weighted by Gasteiger charge is -2.02. The summed E-state index contributed by atoms with van der Waals surface area (Å²) >= 11 is 0. The van der Waals surface area contributed by atoms with Crippen LogP contribution in [0.3, 0.4) is 0 Å². The first-order chi connectivity index (χ1) is 5.81. The van der Waals surface area contributed by atoms with E-state index in [9.17, 15) is 0 Å². The van der Waals surface area contributed by atoms with E-state index in [0.29, 0.717) is 6.61 Å². The predicted octanol–water partition coefficient (Wildman–Crippen LogP) is 2.52. The average molecular weight is 167 g/mol. The topological polar surface area (TPSA) is 33.0 Å². The fraction of sp³-hybridized carbons (Fsp3) is 0.700. The number of nitriles is 1. The monoisotopic (exact) mass is 167 g/mol. The molecule has 0 rings (SSSR count). The second kappa shape index (κ2) is 8.29. The van der Waals surface area contributed by atoms with Crippen molar-refractivity contribution < 1.29 is 4.74 Å². The Kier molecular flexibility index (Phi) is 7.73. The molecule has 0 aliphatic carbocycles. The number of hydrogen-bond acceptors (Lipinski definition) is 2. The van der Waals surface area contributed by atoms with Gasteiger partial charge >= 0.3 is 0 Å². The summed E-state index contributed by atoms with van der Waals surface area (Å²) in [4.78, 5) is 0. The van der Waals surface area contributed by atoms with Crippen LogP contribution in [-0.4, -0.2) is 13.2 Å². The minimum Gasteiger partial charge on any atom is -0.381 e. The zero-order valence-corrected chi connectivity index (χ0v) is 7.92. The number of allylic oxidation sites excluding steroid dienone is 1. The zero-order valence-electron chi connectivity index (χ0n) is 7.92. The van der Waals surface area contributed by atoms with Gasteiger partial charge in [0, 0.05) is 12.5 Å². The van der Waals surface area contributed by atoms with Gasteiger partial charge in [0.15, 0.2) is 0 Å². The van der Waals surface area contributed by atoms with Crippen LogP contribution in [0.15, 0.2) is 12.2 Å². The third kappa shape index (κ3) is 7.30. The third-order valence-corrected chi connectivity index (χ3v) is 1.58. The molecule has 0 aliphatic heterocycles. The van der Waals surface area contributed by atoms with Crippen LogP contribution in [0.5, 0.6) is 0 Å². The maximum Gasteiger partial charge on any atom is 0.0653 e. The molecule has 68 valence electrons. The molecular weight excluding hydrogens is 150 g/mol. The molecule has 0 heterocycles. The van der Waals surface area contributed by atoms with Crippen molar-refractivity contribution in [3.05, 3.63) is 12.2 Å². The lowest BCUT2D eigenvalue weighted by Crippen LogP contribution is -2.00. The molecule has 0 aromatic carbocycles. The second-order valence-corrected chi connectivity index (χ2v) is 2.79. The van der Waals surface area contributed by atoms with Crippen LogP contribution in [-0.2, 0) is 4.74 Å². The van der Waals surface area contributed by atoms with Crippen molar-refractivity contribution in [3.8, 4) is 6.07 Å². The van der Waals surface area contributed by atoms with Crippen LogP contribution in [0.4, 0.5) is 0 Å². The molecule has 0 N–H and O–H groups in total. The van der Waals surface area contributed by atoms with Gasteiger partial charge < -0.3 is 4.74 Å². The number of ether oxygens (including phenoxy) is 1. The molecule has 0 amide bonds. The van der Waals surface area contributed by atoms with Crippen LogP contribution in [0, 0.1) is 17.2 Å². The Balaban J connectivity index is 3.06. The molecule has 1 atom stereocenters. The van der Waals surface area contributed by atoms with Crippen molar-refractivity contribution in [2.45, 2.75) is 26.7 Å². The highest BCUT2D eigenvalue weighted by atomic mass is 16.5. The summed E-state index contributed by atoms with van der Waals surface area (Å²) in [5.41, 5.74) is 0. The Morgan fingerprint density at radius 2 is 2.25 bits per heavy atom. The molecule has 0 bridgehead atoms. The minimum atomic E-state index is 0.117. The molecule has 0 fully saturated rings. The molecule has 0 saturated carbocycles. The van der Waals surface area contributed by atoms with Gasteiger partial charge in [-0.05, 0) is 26.7 Å². The van der Waals surface area contributed by atoms with Crippen LogP contribution in [0.25, 0.3) is 0 Å². The van der Waals surface area contributed by atoms with E-state index in [-0.39, 0.29) is 5.92 Å². The van der Waals surface area contributed by atoms with E-state index < -0.39 is 0 Å². The van der Waals surface area contributed by atoms with Gasteiger partial charge in [-0.15, -0.1) is 0 Å². The van der Waals surface area contributed by atoms with Gasteiger partial charge in [0.05, 0.1) is 12.7 Å². The summed E-state index contributed by atoms with van der Waals surface area (Å²) in [6, 6.07) is 2.17. The molecule has 12 heavy (non-hydrogen) atoms. The Bertz CT molecular complexity index is 158. The Morgan fingerprint density at radius 3 is 2.83 bits per heavy atom. The van der Waals surface area contributed by atoms with E-state index in [4.69, 9.17) is 10.00 Å². The molecule has 2 heteroatoms. The smallest absolute Gasteiger partial charge is 0.0653 e. The molecule has 0 aliphatic rings. The van der Waals surface area contributed by atoms with Crippen molar-refractivity contribution in [2.24, 2.45) is 5.92 Å². The average Bonchev–Trinajstić information content (AvgIpc) is 2.10. The Labute approximate surface area is 74.8 Å². The van der Waals surface area contributed by atoms with E-state index in [0.717, 1.165) is 19.4 Å². The number of nitrogens with zero attached hydrogens (tertiary/aromatic N) is 1. The van der Waals surface area contributed by atoms with Crippen molar-refractivity contribution in [3.63, 3.8) is 0 Å². The first-order valence-corrected chi connectivity index (χ1v) is 4.39. The van der Waals surface area contributed by atoms with Crippen LogP contribution < -0.4 is 0 Å². The number of hydrogen-bond donors (Lipinski definition) is 0. The maximum atomic E-state index is 8.46. The molecule has 0 aromatic rings. The first-order valence-electron chi connectivity index (χ1n) is 4.39. The SMILES string of the molecule is CC=CCCOCCC(C)C#N. The summed E-state index contributed by atoms with van der Waals surface area (Å²) in [6.45, 7) is 5.38. The van der Waals surface area contributed by atoms with Crippen LogP contribution in [0.2, 0.25) is 0 Å². The van der Waals surface area contributed by atoms with E-state index in [1.165, 1.54) is 0 Å². The van der Waals surface area contributed by atoms with Gasteiger partial charge in [-0.25, -0.2) is 0 Å². The standard InChI is InChI=1S/C10H17NO/c1-3-4-5-7-12-8-6-10(2)9-11/h3-4,10H,5-8H2,1-2H3. The quantitative estimate of drug-likeness (QED) is 0.450. The van der Waals surface area contributed by atoms with Crippen LogP contribution in [0.1, 0.15) is 26.7 Å². The molecule has 0 radical (unpaired) electrons. The molecule has 1 unspecified atom stereocenters. The van der Waals surface area contributed by atoms with E-state index in [1.807, 2.05) is 19.9 Å². The minimum absolute atomic E-state index is 0.117. The Hall–Kier alpha value is -0.810. The third-order valence-electron chi connectivity index (χ3n) is 1.58. The Morgan fingerprint density at radius 1 is 1.50 bits per heavy atom. The summed E-state index contributed by atoms with van der Waals surface area (Å²) < 4.78 is 5.31. The summed E-state index contributed by atoms with van der Waals surface area (Å²) in [6.07, 6.45) is 5.90. The highest BCUT2D eigenvalue weighted by Crippen LogP contribution is 1.99. The molecule has 0 aromatic heterocycles. The second-order valence-electron chi connectivity index (χ2n) is 2.79. The first kappa shape index (κ1) is 11.2. The molecule has 2 nitrogen and oxygen atoms in total. The van der Waals surface area contributed by atoms with Gasteiger partial charge in [0.2, 0.25) is 0 Å². The van der Waals surface area contributed by atoms with Gasteiger partial charge in [0.25, 0.3) is 0 Å². The van der Waals surface area contributed by atoms with Crippen LogP contribution >= 0.6 is 0 Å².